The standard InChI is InChI=1S/C17H25ClN2O2/c1-2-16(13-6-4-7-14(18)10-13)20-17(22)19-11-12-5-3-8-15(21)9-12/h4,6-7,10,12,15-16,21H,2-3,5,8-9,11H2,1H3,(H2,19,20,22). The van der Waals surface area contributed by atoms with Crippen LogP contribution in [0.15, 0.2) is 24.3 Å². The molecule has 22 heavy (non-hydrogen) atoms. The number of carbonyl (C=O) groups is 1. The molecule has 0 aromatic heterocycles. The minimum Gasteiger partial charge on any atom is -0.393 e. The topological polar surface area (TPSA) is 61.4 Å². The van der Waals surface area contributed by atoms with Crippen LogP contribution in [0.25, 0.3) is 0 Å². The number of nitrogens with one attached hydrogen (secondary N) is 2. The van der Waals surface area contributed by atoms with Crippen LogP contribution in [0.3, 0.4) is 0 Å². The molecule has 2 rings (SSSR count). The monoisotopic (exact) mass is 324 g/mol. The lowest BCUT2D eigenvalue weighted by atomic mass is 9.87. The van der Waals surface area contributed by atoms with Crippen LogP contribution in [0, 0.1) is 5.92 Å². The van der Waals surface area contributed by atoms with Gasteiger partial charge in [-0.1, -0.05) is 37.1 Å². The minimum absolute atomic E-state index is 0.0457. The molecule has 3 unspecified atom stereocenters. The van der Waals surface area contributed by atoms with Gasteiger partial charge in [-0.15, -0.1) is 0 Å². The lowest BCUT2D eigenvalue weighted by molar-refractivity contribution is 0.101. The van der Waals surface area contributed by atoms with Crippen molar-refractivity contribution in [2.75, 3.05) is 6.54 Å². The first-order chi connectivity index (χ1) is 10.6. The third-order valence-corrected chi connectivity index (χ3v) is 4.51. The summed E-state index contributed by atoms with van der Waals surface area (Å²) >= 11 is 6.01. The van der Waals surface area contributed by atoms with Crippen molar-refractivity contribution in [3.8, 4) is 0 Å². The number of amides is 2. The van der Waals surface area contributed by atoms with Crippen LogP contribution in [0.1, 0.15) is 50.6 Å². The smallest absolute Gasteiger partial charge is 0.315 e. The van der Waals surface area contributed by atoms with E-state index in [2.05, 4.69) is 10.6 Å². The van der Waals surface area contributed by atoms with Gasteiger partial charge in [-0.05, 0) is 49.3 Å². The highest BCUT2D eigenvalue weighted by Gasteiger charge is 2.21. The van der Waals surface area contributed by atoms with Crippen molar-refractivity contribution in [1.29, 1.82) is 0 Å². The fourth-order valence-electron chi connectivity index (χ4n) is 3.04. The van der Waals surface area contributed by atoms with Crippen molar-refractivity contribution in [3.63, 3.8) is 0 Å². The molecular weight excluding hydrogens is 300 g/mol. The van der Waals surface area contributed by atoms with Gasteiger partial charge in [-0.2, -0.15) is 0 Å². The van der Waals surface area contributed by atoms with Gasteiger partial charge >= 0.3 is 6.03 Å². The summed E-state index contributed by atoms with van der Waals surface area (Å²) in [5, 5.41) is 16.3. The van der Waals surface area contributed by atoms with Gasteiger partial charge in [-0.25, -0.2) is 4.79 Å². The summed E-state index contributed by atoms with van der Waals surface area (Å²) in [4.78, 5) is 12.1. The van der Waals surface area contributed by atoms with Crippen LogP contribution in [-0.4, -0.2) is 23.8 Å². The number of hydrogen-bond donors (Lipinski definition) is 3. The molecule has 0 bridgehead atoms. The van der Waals surface area contributed by atoms with E-state index in [1.54, 1.807) is 0 Å². The zero-order chi connectivity index (χ0) is 15.9. The lowest BCUT2D eigenvalue weighted by Gasteiger charge is -2.26. The maximum atomic E-state index is 12.1. The number of aliphatic hydroxyl groups is 1. The molecular formula is C17H25ClN2O2. The molecule has 4 nitrogen and oxygen atoms in total. The van der Waals surface area contributed by atoms with Crippen LogP contribution in [0.4, 0.5) is 4.79 Å². The number of halogens is 1. The van der Waals surface area contributed by atoms with E-state index in [0.717, 1.165) is 37.7 Å². The Morgan fingerprint density at radius 2 is 2.27 bits per heavy atom. The second-order valence-electron chi connectivity index (χ2n) is 6.06. The van der Waals surface area contributed by atoms with Crippen LogP contribution in [0.5, 0.6) is 0 Å². The van der Waals surface area contributed by atoms with Crippen molar-refractivity contribution < 1.29 is 9.90 Å². The van der Waals surface area contributed by atoms with Gasteiger partial charge in [0.25, 0.3) is 0 Å². The molecule has 1 aromatic carbocycles. The van der Waals surface area contributed by atoms with Gasteiger partial charge in [0, 0.05) is 11.6 Å². The normalized spacial score (nSPS) is 22.9. The van der Waals surface area contributed by atoms with Crippen LogP contribution in [-0.2, 0) is 0 Å². The Hall–Kier alpha value is -1.26. The minimum atomic E-state index is -0.210. The van der Waals surface area contributed by atoms with Crippen molar-refractivity contribution >= 4 is 17.6 Å². The molecule has 0 heterocycles. The van der Waals surface area contributed by atoms with Crippen LogP contribution in [0.2, 0.25) is 5.02 Å². The van der Waals surface area contributed by atoms with E-state index >= 15 is 0 Å². The highest BCUT2D eigenvalue weighted by atomic mass is 35.5. The molecule has 0 radical (unpaired) electrons. The molecule has 2 amide bonds. The molecule has 1 fully saturated rings. The van der Waals surface area contributed by atoms with Crippen LogP contribution < -0.4 is 10.6 Å². The molecule has 0 aliphatic heterocycles. The van der Waals surface area contributed by atoms with E-state index in [4.69, 9.17) is 11.6 Å². The van der Waals surface area contributed by atoms with E-state index in [-0.39, 0.29) is 18.2 Å². The number of aliphatic hydroxyl groups excluding tert-OH is 1. The first kappa shape index (κ1) is 17.1. The Bertz CT molecular complexity index is 495. The molecule has 0 spiro atoms. The van der Waals surface area contributed by atoms with E-state index in [0.29, 0.717) is 17.5 Å². The van der Waals surface area contributed by atoms with Crippen molar-refractivity contribution in [3.05, 3.63) is 34.9 Å². The largest absolute Gasteiger partial charge is 0.393 e. The molecule has 1 aliphatic carbocycles. The van der Waals surface area contributed by atoms with Crippen molar-refractivity contribution in [2.24, 2.45) is 5.92 Å². The SMILES string of the molecule is CCC(NC(=O)NCC1CCCC(O)C1)c1cccc(Cl)c1. The maximum absolute atomic E-state index is 12.1. The van der Waals surface area contributed by atoms with Gasteiger partial charge in [0.05, 0.1) is 12.1 Å². The number of carbonyl (C=O) groups excluding carboxylic acids is 1. The Labute approximate surface area is 137 Å². The van der Waals surface area contributed by atoms with Gasteiger partial charge in [0.2, 0.25) is 0 Å². The quantitative estimate of drug-likeness (QED) is 0.774. The summed E-state index contributed by atoms with van der Waals surface area (Å²) in [7, 11) is 0. The van der Waals surface area contributed by atoms with Gasteiger partial charge in [0.1, 0.15) is 0 Å². The molecule has 1 saturated carbocycles. The first-order valence-electron chi connectivity index (χ1n) is 8.06. The fourth-order valence-corrected chi connectivity index (χ4v) is 3.24. The highest BCUT2D eigenvalue weighted by Crippen LogP contribution is 2.23. The zero-order valence-corrected chi connectivity index (χ0v) is 13.8. The second kappa shape index (κ2) is 8.39. The zero-order valence-electron chi connectivity index (χ0n) is 13.0. The second-order valence-corrected chi connectivity index (χ2v) is 6.49. The van der Waals surface area contributed by atoms with E-state index in [1.165, 1.54) is 0 Å². The summed E-state index contributed by atoms with van der Waals surface area (Å²) in [5.74, 6) is 0.376. The summed E-state index contributed by atoms with van der Waals surface area (Å²) in [6.07, 6.45) is 4.37. The Morgan fingerprint density at radius 3 is 2.95 bits per heavy atom. The van der Waals surface area contributed by atoms with E-state index < -0.39 is 0 Å². The predicted molar refractivity (Wildman–Crippen MR) is 89.0 cm³/mol. The highest BCUT2D eigenvalue weighted by molar-refractivity contribution is 6.30. The van der Waals surface area contributed by atoms with Gasteiger partial charge in [-0.3, -0.25) is 0 Å². The van der Waals surface area contributed by atoms with Gasteiger partial charge < -0.3 is 15.7 Å². The lowest BCUT2D eigenvalue weighted by Crippen LogP contribution is -2.41. The molecule has 3 N–H and O–H groups in total. The summed E-state index contributed by atoms with van der Waals surface area (Å²) in [6.45, 7) is 2.65. The maximum Gasteiger partial charge on any atom is 0.315 e. The summed E-state index contributed by atoms with van der Waals surface area (Å²) in [5.41, 5.74) is 1.01. The molecule has 5 heteroatoms. The van der Waals surface area contributed by atoms with Crippen molar-refractivity contribution in [1.82, 2.24) is 10.6 Å². The third-order valence-electron chi connectivity index (χ3n) is 4.27. The van der Waals surface area contributed by atoms with E-state index in [9.17, 15) is 9.90 Å². The average Bonchev–Trinajstić information content (AvgIpc) is 2.50. The summed E-state index contributed by atoms with van der Waals surface area (Å²) < 4.78 is 0. The Morgan fingerprint density at radius 1 is 1.45 bits per heavy atom. The molecule has 1 aromatic rings. The predicted octanol–water partition coefficient (Wildman–Crippen LogP) is 3.64. The molecule has 122 valence electrons. The average molecular weight is 325 g/mol. The molecule has 1 aliphatic rings. The van der Waals surface area contributed by atoms with Crippen LogP contribution >= 0.6 is 11.6 Å². The number of urea groups is 1. The Balaban J connectivity index is 1.82. The van der Waals surface area contributed by atoms with Gasteiger partial charge in [0.15, 0.2) is 0 Å². The number of benzene rings is 1. The van der Waals surface area contributed by atoms with E-state index in [1.807, 2.05) is 31.2 Å². The van der Waals surface area contributed by atoms with Crippen molar-refractivity contribution in [2.45, 2.75) is 51.2 Å². The first-order valence-corrected chi connectivity index (χ1v) is 8.44. The Kier molecular flexibility index (Phi) is 6.52. The number of hydrogen-bond acceptors (Lipinski definition) is 2. The fraction of sp³-hybridized carbons (Fsp3) is 0.588. The summed E-state index contributed by atoms with van der Waals surface area (Å²) in [6, 6.07) is 7.36. The molecule has 3 atom stereocenters. The molecule has 0 saturated heterocycles. The number of rotatable bonds is 5. The third kappa shape index (κ3) is 5.18.